The lowest BCUT2D eigenvalue weighted by Crippen LogP contribution is -2.28. The number of benzene rings is 1. The van der Waals surface area contributed by atoms with Crippen molar-refractivity contribution >= 4 is 0 Å². The largest absolute Gasteiger partial charge is 0.396 e. The van der Waals surface area contributed by atoms with E-state index >= 15 is 0 Å². The average molecular weight is 247 g/mol. The minimum absolute atomic E-state index is 0.273. The number of hydrogen-bond acceptors (Lipinski definition) is 1. The summed E-state index contributed by atoms with van der Waals surface area (Å²) in [7, 11) is 0. The molecular formula is C17H27O. The van der Waals surface area contributed by atoms with Crippen molar-refractivity contribution in [1.29, 1.82) is 0 Å². The van der Waals surface area contributed by atoms with Crippen LogP contribution in [-0.4, -0.2) is 11.7 Å². The Kier molecular flexibility index (Phi) is 6.42. The van der Waals surface area contributed by atoms with E-state index < -0.39 is 0 Å². The quantitative estimate of drug-likeness (QED) is 0.768. The highest BCUT2D eigenvalue weighted by atomic mass is 16.3. The van der Waals surface area contributed by atoms with Crippen LogP contribution in [0.3, 0.4) is 0 Å². The summed E-state index contributed by atoms with van der Waals surface area (Å²) in [5, 5.41) is 9.70. The SMILES string of the molecule is CCC(C)C(CO)[C](Cc1ccccc1)C(C)C. The molecule has 0 aromatic heterocycles. The third-order valence-electron chi connectivity index (χ3n) is 4.00. The third kappa shape index (κ3) is 4.13. The maximum Gasteiger partial charge on any atom is 0.0467 e. The Bertz CT molecular complexity index is 318. The van der Waals surface area contributed by atoms with E-state index in [9.17, 15) is 5.11 Å². The van der Waals surface area contributed by atoms with Gasteiger partial charge in [0.05, 0.1) is 0 Å². The molecule has 1 rings (SSSR count). The van der Waals surface area contributed by atoms with E-state index in [-0.39, 0.29) is 6.61 Å². The second-order valence-electron chi connectivity index (χ2n) is 5.57. The zero-order valence-electron chi connectivity index (χ0n) is 12.2. The monoisotopic (exact) mass is 247 g/mol. The topological polar surface area (TPSA) is 20.2 Å². The average Bonchev–Trinajstić information content (AvgIpc) is 2.39. The summed E-state index contributed by atoms with van der Waals surface area (Å²) in [6.45, 7) is 9.20. The van der Waals surface area contributed by atoms with Gasteiger partial charge in [0.1, 0.15) is 0 Å². The molecule has 2 unspecified atom stereocenters. The molecule has 0 amide bonds. The molecule has 0 bridgehead atoms. The molecule has 0 saturated heterocycles. The van der Waals surface area contributed by atoms with Gasteiger partial charge < -0.3 is 5.11 Å². The van der Waals surface area contributed by atoms with Crippen molar-refractivity contribution in [2.24, 2.45) is 17.8 Å². The Labute approximate surface area is 112 Å². The van der Waals surface area contributed by atoms with Crippen LogP contribution >= 0.6 is 0 Å². The smallest absolute Gasteiger partial charge is 0.0467 e. The van der Waals surface area contributed by atoms with Crippen LogP contribution in [0.25, 0.3) is 0 Å². The highest BCUT2D eigenvalue weighted by molar-refractivity contribution is 5.20. The van der Waals surface area contributed by atoms with Crippen LogP contribution in [0.2, 0.25) is 0 Å². The summed E-state index contributed by atoms with van der Waals surface area (Å²) in [6, 6.07) is 10.6. The van der Waals surface area contributed by atoms with E-state index in [0.29, 0.717) is 17.8 Å². The van der Waals surface area contributed by atoms with E-state index in [0.717, 1.165) is 12.8 Å². The molecule has 101 valence electrons. The molecule has 0 spiro atoms. The number of rotatable bonds is 7. The van der Waals surface area contributed by atoms with Crippen molar-refractivity contribution in [2.75, 3.05) is 6.61 Å². The van der Waals surface area contributed by atoms with Gasteiger partial charge in [-0.15, -0.1) is 0 Å². The maximum atomic E-state index is 9.70. The summed E-state index contributed by atoms with van der Waals surface area (Å²) in [5.41, 5.74) is 1.35. The number of aliphatic hydroxyl groups is 1. The number of aliphatic hydroxyl groups excluding tert-OH is 1. The van der Waals surface area contributed by atoms with Crippen LogP contribution in [-0.2, 0) is 6.42 Å². The van der Waals surface area contributed by atoms with E-state index in [1.54, 1.807) is 0 Å². The van der Waals surface area contributed by atoms with Crippen molar-refractivity contribution in [1.82, 2.24) is 0 Å². The van der Waals surface area contributed by atoms with Crippen molar-refractivity contribution in [3.8, 4) is 0 Å². The Morgan fingerprint density at radius 2 is 1.72 bits per heavy atom. The third-order valence-corrected chi connectivity index (χ3v) is 4.00. The van der Waals surface area contributed by atoms with E-state index in [4.69, 9.17) is 0 Å². The molecular weight excluding hydrogens is 220 g/mol. The van der Waals surface area contributed by atoms with Gasteiger partial charge in [-0.05, 0) is 35.7 Å². The fraction of sp³-hybridized carbons (Fsp3) is 0.588. The summed E-state index contributed by atoms with van der Waals surface area (Å²) >= 11 is 0. The van der Waals surface area contributed by atoms with Crippen LogP contribution in [0, 0.1) is 23.7 Å². The Morgan fingerprint density at radius 1 is 1.11 bits per heavy atom. The lowest BCUT2D eigenvalue weighted by molar-refractivity contribution is 0.173. The first-order valence-electron chi connectivity index (χ1n) is 7.10. The zero-order chi connectivity index (χ0) is 13.5. The molecule has 2 atom stereocenters. The van der Waals surface area contributed by atoms with Gasteiger partial charge in [0.2, 0.25) is 0 Å². The fourth-order valence-electron chi connectivity index (χ4n) is 2.54. The molecule has 1 radical (unpaired) electrons. The standard InChI is InChI=1S/C17H27O/c1-5-14(4)17(12-18)16(13(2)3)11-15-9-7-6-8-10-15/h6-10,13-14,17-18H,5,11-12H2,1-4H3. The summed E-state index contributed by atoms with van der Waals surface area (Å²) in [6.07, 6.45) is 2.12. The minimum atomic E-state index is 0.273. The van der Waals surface area contributed by atoms with Crippen molar-refractivity contribution in [2.45, 2.75) is 40.5 Å². The van der Waals surface area contributed by atoms with Gasteiger partial charge in [0, 0.05) is 6.61 Å². The van der Waals surface area contributed by atoms with Gasteiger partial charge in [0.15, 0.2) is 0 Å². The minimum Gasteiger partial charge on any atom is -0.396 e. The first-order chi connectivity index (χ1) is 8.60. The van der Waals surface area contributed by atoms with Crippen molar-refractivity contribution in [3.63, 3.8) is 0 Å². The second kappa shape index (κ2) is 7.58. The summed E-state index contributed by atoms with van der Waals surface area (Å²) < 4.78 is 0. The first-order valence-corrected chi connectivity index (χ1v) is 7.10. The van der Waals surface area contributed by atoms with Gasteiger partial charge in [-0.1, -0.05) is 64.4 Å². The molecule has 1 N–H and O–H groups in total. The Hall–Kier alpha value is -0.820. The van der Waals surface area contributed by atoms with Crippen molar-refractivity contribution < 1.29 is 5.11 Å². The zero-order valence-corrected chi connectivity index (χ0v) is 12.2. The fourth-order valence-corrected chi connectivity index (χ4v) is 2.54. The van der Waals surface area contributed by atoms with Crippen LogP contribution in [0.1, 0.15) is 39.7 Å². The molecule has 1 aromatic rings. The predicted octanol–water partition coefficient (Wildman–Crippen LogP) is 4.11. The normalized spacial score (nSPS) is 15.1. The highest BCUT2D eigenvalue weighted by Crippen LogP contribution is 2.33. The highest BCUT2D eigenvalue weighted by Gasteiger charge is 2.28. The van der Waals surface area contributed by atoms with Crippen molar-refractivity contribution in [3.05, 3.63) is 41.8 Å². The second-order valence-corrected chi connectivity index (χ2v) is 5.57. The molecule has 0 heterocycles. The van der Waals surface area contributed by atoms with E-state index in [1.807, 2.05) is 0 Å². The molecule has 0 aliphatic heterocycles. The molecule has 0 fully saturated rings. The van der Waals surface area contributed by atoms with Crippen LogP contribution in [0.4, 0.5) is 0 Å². The van der Waals surface area contributed by atoms with Gasteiger partial charge in [-0.25, -0.2) is 0 Å². The molecule has 1 heteroatoms. The van der Waals surface area contributed by atoms with E-state index in [1.165, 1.54) is 11.5 Å². The summed E-state index contributed by atoms with van der Waals surface area (Å²) in [4.78, 5) is 0. The van der Waals surface area contributed by atoms with Gasteiger partial charge >= 0.3 is 0 Å². The van der Waals surface area contributed by atoms with Gasteiger partial charge in [0.25, 0.3) is 0 Å². The Balaban J connectivity index is 2.81. The maximum absolute atomic E-state index is 9.70. The van der Waals surface area contributed by atoms with Crippen LogP contribution in [0.5, 0.6) is 0 Å². The predicted molar refractivity (Wildman–Crippen MR) is 78.3 cm³/mol. The lowest BCUT2D eigenvalue weighted by atomic mass is 9.73. The van der Waals surface area contributed by atoms with Crippen LogP contribution < -0.4 is 0 Å². The lowest BCUT2D eigenvalue weighted by Gasteiger charge is -2.32. The van der Waals surface area contributed by atoms with E-state index in [2.05, 4.69) is 58.0 Å². The van der Waals surface area contributed by atoms with Gasteiger partial charge in [-0.3, -0.25) is 0 Å². The first kappa shape index (κ1) is 15.2. The van der Waals surface area contributed by atoms with Gasteiger partial charge in [-0.2, -0.15) is 0 Å². The molecule has 0 saturated carbocycles. The molecule has 1 nitrogen and oxygen atoms in total. The summed E-state index contributed by atoms with van der Waals surface area (Å²) in [5.74, 6) is 2.89. The molecule has 1 aromatic carbocycles. The number of hydrogen-bond donors (Lipinski definition) is 1. The molecule has 0 aliphatic rings. The Morgan fingerprint density at radius 3 is 2.17 bits per heavy atom. The molecule has 0 aliphatic carbocycles. The molecule has 18 heavy (non-hydrogen) atoms. The van der Waals surface area contributed by atoms with Crippen LogP contribution in [0.15, 0.2) is 30.3 Å².